The van der Waals surface area contributed by atoms with Crippen molar-refractivity contribution >= 4 is 38.9 Å². The summed E-state index contributed by atoms with van der Waals surface area (Å²) in [6.45, 7) is 1.99. The molecule has 3 rings (SSSR count). The number of rotatable bonds is 6. The zero-order valence-corrected chi connectivity index (χ0v) is 16.8. The van der Waals surface area contributed by atoms with Crippen LogP contribution >= 0.6 is 23.2 Å². The number of nitrogens with zero attached hydrogens (tertiary/aromatic N) is 1. The van der Waals surface area contributed by atoms with Gasteiger partial charge >= 0.3 is 0 Å². The van der Waals surface area contributed by atoms with Crippen molar-refractivity contribution in [3.63, 3.8) is 0 Å². The molecule has 0 heterocycles. The van der Waals surface area contributed by atoms with Crippen LogP contribution in [0.15, 0.2) is 77.7 Å². The third kappa shape index (κ3) is 4.38. The normalized spacial score (nSPS) is 11.2. The van der Waals surface area contributed by atoms with Gasteiger partial charge in [-0.1, -0.05) is 41.4 Å². The summed E-state index contributed by atoms with van der Waals surface area (Å²) in [5, 5.41) is 0.433. The first kappa shape index (κ1) is 19.5. The van der Waals surface area contributed by atoms with Gasteiger partial charge in [-0.25, -0.2) is 8.42 Å². The summed E-state index contributed by atoms with van der Waals surface area (Å²) in [6.07, 6.45) is 0. The molecule has 0 aliphatic heterocycles. The lowest BCUT2D eigenvalue weighted by molar-refractivity contribution is 0.482. The highest BCUT2D eigenvalue weighted by Crippen LogP contribution is 2.32. The molecule has 0 radical (unpaired) electrons. The standard InChI is InChI=1S/C20H17Cl2NO3S/c1-2-23(27(24,25)20-14-15(21)8-13-19(20)22)16-9-11-18(12-10-16)26-17-6-4-3-5-7-17/h3-14H,2H2,1H3. The van der Waals surface area contributed by atoms with Crippen LogP contribution in [0.4, 0.5) is 5.69 Å². The average molecular weight is 422 g/mol. The van der Waals surface area contributed by atoms with Gasteiger partial charge in [0.15, 0.2) is 0 Å². The van der Waals surface area contributed by atoms with Crippen LogP contribution in [0.25, 0.3) is 0 Å². The molecule has 27 heavy (non-hydrogen) atoms. The molecule has 0 fully saturated rings. The molecule has 7 heteroatoms. The largest absolute Gasteiger partial charge is 0.457 e. The predicted octanol–water partition coefficient (Wildman–Crippen LogP) is 6.00. The van der Waals surface area contributed by atoms with Crippen molar-refractivity contribution in [1.29, 1.82) is 0 Å². The van der Waals surface area contributed by atoms with Crippen LogP contribution in [0.1, 0.15) is 6.92 Å². The van der Waals surface area contributed by atoms with Crippen LogP contribution in [0.5, 0.6) is 11.5 Å². The molecule has 0 saturated heterocycles. The fourth-order valence-corrected chi connectivity index (χ4v) is 4.80. The molecule has 3 aromatic carbocycles. The van der Waals surface area contributed by atoms with Crippen molar-refractivity contribution in [2.45, 2.75) is 11.8 Å². The lowest BCUT2D eigenvalue weighted by Gasteiger charge is -2.23. The maximum atomic E-state index is 13.1. The van der Waals surface area contributed by atoms with E-state index in [9.17, 15) is 8.42 Å². The number of para-hydroxylation sites is 1. The van der Waals surface area contributed by atoms with E-state index in [0.717, 1.165) is 0 Å². The second-order valence-corrected chi connectivity index (χ2v) is 8.33. The minimum absolute atomic E-state index is 0.0249. The van der Waals surface area contributed by atoms with E-state index in [1.165, 1.54) is 16.4 Å². The molecule has 0 aliphatic rings. The topological polar surface area (TPSA) is 46.6 Å². The second kappa shape index (κ2) is 8.21. The number of ether oxygens (including phenoxy) is 1. The number of benzene rings is 3. The number of sulfonamides is 1. The highest BCUT2D eigenvalue weighted by molar-refractivity contribution is 7.93. The van der Waals surface area contributed by atoms with Crippen molar-refractivity contribution in [1.82, 2.24) is 0 Å². The van der Waals surface area contributed by atoms with E-state index in [1.54, 1.807) is 37.3 Å². The molecular formula is C20H17Cl2NO3S. The Morgan fingerprint density at radius 2 is 1.52 bits per heavy atom. The van der Waals surface area contributed by atoms with Gasteiger partial charge in [0.2, 0.25) is 0 Å². The minimum atomic E-state index is -3.85. The van der Waals surface area contributed by atoms with Crippen molar-refractivity contribution in [3.8, 4) is 11.5 Å². The summed E-state index contributed by atoms with van der Waals surface area (Å²) < 4.78 is 33.1. The van der Waals surface area contributed by atoms with Crippen LogP contribution in [0.2, 0.25) is 10.0 Å². The first-order valence-corrected chi connectivity index (χ1v) is 10.4. The molecule has 0 bridgehead atoms. The lowest BCUT2D eigenvalue weighted by atomic mass is 10.3. The maximum Gasteiger partial charge on any atom is 0.265 e. The van der Waals surface area contributed by atoms with Crippen molar-refractivity contribution in [2.75, 3.05) is 10.8 Å². The minimum Gasteiger partial charge on any atom is -0.457 e. The number of anilines is 1. The second-order valence-electron chi connectivity index (χ2n) is 5.65. The molecule has 0 saturated carbocycles. The summed E-state index contributed by atoms with van der Waals surface area (Å²) in [5.74, 6) is 1.31. The smallest absolute Gasteiger partial charge is 0.265 e. The van der Waals surface area contributed by atoms with Gasteiger partial charge < -0.3 is 4.74 Å². The van der Waals surface area contributed by atoms with Gasteiger partial charge in [0.25, 0.3) is 10.0 Å². The summed E-state index contributed by atoms with van der Waals surface area (Å²) in [4.78, 5) is -0.0249. The summed E-state index contributed by atoms with van der Waals surface area (Å²) >= 11 is 12.1. The van der Waals surface area contributed by atoms with Crippen molar-refractivity contribution < 1.29 is 13.2 Å². The van der Waals surface area contributed by atoms with Gasteiger partial charge in [-0.3, -0.25) is 4.31 Å². The monoisotopic (exact) mass is 421 g/mol. The fourth-order valence-electron chi connectivity index (χ4n) is 2.59. The Hall–Kier alpha value is -2.21. The Morgan fingerprint density at radius 3 is 2.15 bits per heavy atom. The van der Waals surface area contributed by atoms with E-state index >= 15 is 0 Å². The van der Waals surface area contributed by atoms with Crippen molar-refractivity contribution in [3.05, 3.63) is 82.8 Å². The third-order valence-electron chi connectivity index (χ3n) is 3.85. The van der Waals surface area contributed by atoms with Gasteiger partial charge in [0, 0.05) is 11.6 Å². The zero-order chi connectivity index (χ0) is 19.4. The van der Waals surface area contributed by atoms with Crippen LogP contribution in [-0.4, -0.2) is 15.0 Å². The molecule has 0 unspecified atom stereocenters. The molecule has 0 spiro atoms. The SMILES string of the molecule is CCN(c1ccc(Oc2ccccc2)cc1)S(=O)(=O)c1cc(Cl)ccc1Cl. The molecule has 0 amide bonds. The molecule has 3 aromatic rings. The molecule has 4 nitrogen and oxygen atoms in total. The van der Waals surface area contributed by atoms with Crippen molar-refractivity contribution in [2.24, 2.45) is 0 Å². The first-order valence-electron chi connectivity index (χ1n) is 8.22. The van der Waals surface area contributed by atoms with Crippen LogP contribution in [0.3, 0.4) is 0 Å². The van der Waals surface area contributed by atoms with E-state index in [1.807, 2.05) is 30.3 Å². The Kier molecular flexibility index (Phi) is 5.95. The van der Waals surface area contributed by atoms with Crippen LogP contribution < -0.4 is 9.04 Å². The zero-order valence-electron chi connectivity index (χ0n) is 14.5. The highest BCUT2D eigenvalue weighted by Gasteiger charge is 2.26. The molecule has 0 N–H and O–H groups in total. The summed E-state index contributed by atoms with van der Waals surface area (Å²) in [5.41, 5.74) is 0.508. The van der Waals surface area contributed by atoms with E-state index < -0.39 is 10.0 Å². The van der Waals surface area contributed by atoms with E-state index in [-0.39, 0.29) is 16.5 Å². The van der Waals surface area contributed by atoms with Gasteiger partial charge in [0.05, 0.1) is 10.7 Å². The lowest BCUT2D eigenvalue weighted by Crippen LogP contribution is -2.31. The van der Waals surface area contributed by atoms with Gasteiger partial charge in [-0.05, 0) is 61.5 Å². The Morgan fingerprint density at radius 1 is 0.889 bits per heavy atom. The first-order chi connectivity index (χ1) is 12.9. The highest BCUT2D eigenvalue weighted by atomic mass is 35.5. The Bertz CT molecular complexity index is 1020. The van der Waals surface area contributed by atoms with Gasteiger partial charge in [-0.15, -0.1) is 0 Å². The molecular weight excluding hydrogens is 405 g/mol. The third-order valence-corrected chi connectivity index (χ3v) is 6.47. The average Bonchev–Trinajstić information content (AvgIpc) is 2.66. The van der Waals surface area contributed by atoms with Gasteiger partial charge in [-0.2, -0.15) is 0 Å². The van der Waals surface area contributed by atoms with E-state index in [0.29, 0.717) is 22.2 Å². The van der Waals surface area contributed by atoms with Gasteiger partial charge in [0.1, 0.15) is 16.4 Å². The number of halogens is 2. The van der Waals surface area contributed by atoms with Crippen LogP contribution in [-0.2, 0) is 10.0 Å². The number of hydrogen-bond donors (Lipinski definition) is 0. The molecule has 0 aromatic heterocycles. The number of hydrogen-bond acceptors (Lipinski definition) is 3. The molecule has 0 aliphatic carbocycles. The molecule has 0 atom stereocenters. The Labute approximate surface area is 169 Å². The summed E-state index contributed by atoms with van der Waals surface area (Å²) in [6, 6.07) is 20.6. The quantitative estimate of drug-likeness (QED) is 0.490. The molecule has 140 valence electrons. The fraction of sp³-hybridized carbons (Fsp3) is 0.100. The summed E-state index contributed by atoms with van der Waals surface area (Å²) in [7, 11) is -3.85. The Balaban J connectivity index is 1.90. The van der Waals surface area contributed by atoms with E-state index in [4.69, 9.17) is 27.9 Å². The maximum absolute atomic E-state index is 13.1. The van der Waals surface area contributed by atoms with Crippen LogP contribution in [0, 0.1) is 0 Å². The predicted molar refractivity (Wildman–Crippen MR) is 110 cm³/mol. The van der Waals surface area contributed by atoms with E-state index in [2.05, 4.69) is 0 Å².